The second-order valence-corrected chi connectivity index (χ2v) is 5.39. The van der Waals surface area contributed by atoms with E-state index < -0.39 is 23.7 Å². The fourth-order valence-corrected chi connectivity index (χ4v) is 2.19. The molecule has 0 atom stereocenters. The van der Waals surface area contributed by atoms with Crippen molar-refractivity contribution in [2.24, 2.45) is 0 Å². The van der Waals surface area contributed by atoms with Gasteiger partial charge in [-0.15, -0.1) is 15.3 Å². The summed E-state index contributed by atoms with van der Waals surface area (Å²) < 4.78 is 52.1. The van der Waals surface area contributed by atoms with Crippen molar-refractivity contribution < 1.29 is 22.4 Å². The zero-order valence-corrected chi connectivity index (χ0v) is 13.3. The fourth-order valence-electron chi connectivity index (χ4n) is 2.19. The van der Waals surface area contributed by atoms with E-state index in [1.165, 1.54) is 48.3 Å². The van der Waals surface area contributed by atoms with Crippen LogP contribution >= 0.6 is 0 Å². The Morgan fingerprint density at radius 1 is 1.15 bits per heavy atom. The van der Waals surface area contributed by atoms with Gasteiger partial charge >= 0.3 is 6.18 Å². The van der Waals surface area contributed by atoms with E-state index in [1.807, 2.05) is 0 Å². The van der Waals surface area contributed by atoms with Gasteiger partial charge in [-0.05, 0) is 36.4 Å². The molecular formula is C15H12F4N6O. The molecule has 7 nitrogen and oxygen atoms in total. The molecule has 0 fully saturated rings. The number of amides is 1. The first-order chi connectivity index (χ1) is 12.2. The van der Waals surface area contributed by atoms with E-state index in [0.717, 1.165) is 0 Å². The lowest BCUT2D eigenvalue weighted by molar-refractivity contribution is -0.146. The van der Waals surface area contributed by atoms with E-state index in [4.69, 9.17) is 0 Å². The average molecular weight is 368 g/mol. The Hall–Kier alpha value is -3.24. The van der Waals surface area contributed by atoms with E-state index >= 15 is 0 Å². The molecule has 2 aromatic heterocycles. The number of carbonyl (C=O) groups excluding carboxylic acids is 1. The van der Waals surface area contributed by atoms with Crippen LogP contribution in [0.4, 0.5) is 29.1 Å². The number of likely N-dealkylation sites (N-methyl/N-ethyl adjacent to an activating group) is 1. The van der Waals surface area contributed by atoms with Crippen molar-refractivity contribution in [2.75, 3.05) is 23.8 Å². The van der Waals surface area contributed by atoms with Gasteiger partial charge in [-0.2, -0.15) is 17.7 Å². The molecule has 0 aliphatic rings. The quantitative estimate of drug-likeness (QED) is 0.716. The number of anilines is 2. The normalized spacial score (nSPS) is 11.6. The Balaban J connectivity index is 1.75. The highest BCUT2D eigenvalue weighted by Gasteiger charge is 2.37. The number of fused-ring (bicyclic) bond motifs is 1. The monoisotopic (exact) mass is 368 g/mol. The molecule has 0 saturated carbocycles. The molecule has 3 rings (SSSR count). The third-order valence-corrected chi connectivity index (χ3v) is 3.40. The van der Waals surface area contributed by atoms with E-state index in [1.54, 1.807) is 0 Å². The summed E-state index contributed by atoms with van der Waals surface area (Å²) in [5.41, 5.74) is 0.330. The molecule has 0 aliphatic heterocycles. The minimum absolute atomic E-state index is 0.0646. The van der Waals surface area contributed by atoms with Crippen LogP contribution in [0.15, 0.2) is 36.4 Å². The number of alkyl halides is 3. The summed E-state index contributed by atoms with van der Waals surface area (Å²) in [6, 6.07) is 7.92. The van der Waals surface area contributed by atoms with E-state index in [-0.39, 0.29) is 18.0 Å². The molecular weight excluding hydrogens is 356 g/mol. The SMILES string of the molecule is CN(CC(=O)Nc1ccc(F)cc1)c1ccc2nnc(C(F)(F)F)n2n1. The molecule has 136 valence electrons. The number of carbonyl (C=O) groups is 1. The van der Waals surface area contributed by atoms with Crippen molar-refractivity contribution in [1.82, 2.24) is 19.8 Å². The highest BCUT2D eigenvalue weighted by atomic mass is 19.4. The molecule has 2 heterocycles. The van der Waals surface area contributed by atoms with Crippen molar-refractivity contribution in [3.05, 3.63) is 48.0 Å². The molecule has 3 aromatic rings. The maximum Gasteiger partial charge on any atom is 0.453 e. The second kappa shape index (κ2) is 6.58. The number of aromatic nitrogens is 4. The molecule has 11 heteroatoms. The predicted molar refractivity (Wildman–Crippen MR) is 84.1 cm³/mol. The maximum atomic E-state index is 12.9. The summed E-state index contributed by atoms with van der Waals surface area (Å²) in [6.45, 7) is -0.181. The summed E-state index contributed by atoms with van der Waals surface area (Å²) in [4.78, 5) is 13.4. The minimum atomic E-state index is -4.70. The van der Waals surface area contributed by atoms with Crippen LogP contribution in [0.2, 0.25) is 0 Å². The van der Waals surface area contributed by atoms with Gasteiger partial charge in [0.2, 0.25) is 5.91 Å². The minimum Gasteiger partial charge on any atom is -0.349 e. The molecule has 1 N–H and O–H groups in total. The van der Waals surface area contributed by atoms with Crippen molar-refractivity contribution in [3.8, 4) is 0 Å². The number of hydrogen-bond acceptors (Lipinski definition) is 5. The Morgan fingerprint density at radius 3 is 2.50 bits per heavy atom. The van der Waals surface area contributed by atoms with Gasteiger partial charge in [0.25, 0.3) is 5.82 Å². The standard InChI is InChI=1S/C15H12F4N6O/c1-24(8-13(26)20-10-4-2-9(16)3-5-10)12-7-6-11-21-22-14(15(17,18)19)25(11)23-12/h2-7H,8H2,1H3,(H,20,26). The number of benzene rings is 1. The van der Waals surface area contributed by atoms with Crippen molar-refractivity contribution in [2.45, 2.75) is 6.18 Å². The number of hydrogen-bond donors (Lipinski definition) is 1. The van der Waals surface area contributed by atoms with Gasteiger partial charge in [0.05, 0.1) is 6.54 Å². The second-order valence-electron chi connectivity index (χ2n) is 5.39. The summed E-state index contributed by atoms with van der Waals surface area (Å²) in [6.07, 6.45) is -4.70. The van der Waals surface area contributed by atoms with Crippen LogP contribution in [-0.2, 0) is 11.0 Å². The molecule has 0 spiro atoms. The summed E-state index contributed by atoms with van der Waals surface area (Å²) in [5, 5.41) is 12.9. The molecule has 1 aromatic carbocycles. The van der Waals surface area contributed by atoms with Gasteiger partial charge in [0, 0.05) is 12.7 Å². The highest BCUT2D eigenvalue weighted by Crippen LogP contribution is 2.27. The highest BCUT2D eigenvalue weighted by molar-refractivity contribution is 5.93. The van der Waals surface area contributed by atoms with Crippen molar-refractivity contribution in [3.63, 3.8) is 0 Å². The zero-order valence-electron chi connectivity index (χ0n) is 13.3. The van der Waals surface area contributed by atoms with Gasteiger partial charge in [0.15, 0.2) is 5.65 Å². The van der Waals surface area contributed by atoms with E-state index in [9.17, 15) is 22.4 Å². The largest absolute Gasteiger partial charge is 0.453 e. The first-order valence-corrected chi connectivity index (χ1v) is 7.30. The molecule has 0 unspecified atom stereocenters. The van der Waals surface area contributed by atoms with Crippen LogP contribution in [-0.4, -0.2) is 39.3 Å². The Bertz CT molecular complexity index is 937. The van der Waals surface area contributed by atoms with Crippen LogP contribution in [0.3, 0.4) is 0 Å². The van der Waals surface area contributed by atoms with Crippen LogP contribution in [0, 0.1) is 5.82 Å². The van der Waals surface area contributed by atoms with Crippen molar-refractivity contribution in [1.29, 1.82) is 0 Å². The summed E-state index contributed by atoms with van der Waals surface area (Å²) in [7, 11) is 1.50. The third-order valence-electron chi connectivity index (χ3n) is 3.40. The van der Waals surface area contributed by atoms with Gasteiger partial charge in [-0.1, -0.05) is 0 Å². The third kappa shape index (κ3) is 3.71. The van der Waals surface area contributed by atoms with Crippen LogP contribution in [0.1, 0.15) is 5.82 Å². The lowest BCUT2D eigenvalue weighted by Crippen LogP contribution is -2.31. The molecule has 0 saturated heterocycles. The van der Waals surface area contributed by atoms with Gasteiger partial charge in [-0.3, -0.25) is 4.79 Å². The number of nitrogens with zero attached hydrogens (tertiary/aromatic N) is 5. The Kier molecular flexibility index (Phi) is 4.45. The fraction of sp³-hybridized carbons (Fsp3) is 0.200. The van der Waals surface area contributed by atoms with Crippen LogP contribution < -0.4 is 10.2 Å². The molecule has 26 heavy (non-hydrogen) atoms. The van der Waals surface area contributed by atoms with E-state index in [2.05, 4.69) is 20.6 Å². The van der Waals surface area contributed by atoms with E-state index in [0.29, 0.717) is 10.2 Å². The smallest absolute Gasteiger partial charge is 0.349 e. The lowest BCUT2D eigenvalue weighted by Gasteiger charge is -2.17. The summed E-state index contributed by atoms with van der Waals surface area (Å²) in [5.74, 6) is -2.01. The average Bonchev–Trinajstić information content (AvgIpc) is 3.00. The van der Waals surface area contributed by atoms with Gasteiger partial charge in [0.1, 0.15) is 11.6 Å². The predicted octanol–water partition coefficient (Wildman–Crippen LogP) is 2.36. The number of rotatable bonds is 4. The van der Waals surface area contributed by atoms with Crippen LogP contribution in [0.25, 0.3) is 5.65 Å². The Labute approximate surface area is 144 Å². The topological polar surface area (TPSA) is 75.4 Å². The van der Waals surface area contributed by atoms with Gasteiger partial charge < -0.3 is 10.2 Å². The summed E-state index contributed by atoms with van der Waals surface area (Å²) >= 11 is 0. The maximum absolute atomic E-state index is 12.9. The van der Waals surface area contributed by atoms with Crippen molar-refractivity contribution >= 4 is 23.1 Å². The first-order valence-electron chi connectivity index (χ1n) is 7.30. The zero-order chi connectivity index (χ0) is 18.9. The number of nitrogens with one attached hydrogen (secondary N) is 1. The first kappa shape index (κ1) is 17.6. The molecule has 0 bridgehead atoms. The van der Waals surface area contributed by atoms with Crippen LogP contribution in [0.5, 0.6) is 0 Å². The molecule has 0 aliphatic carbocycles. The molecule has 0 radical (unpaired) electrons. The lowest BCUT2D eigenvalue weighted by atomic mass is 10.3. The Morgan fingerprint density at radius 2 is 1.85 bits per heavy atom. The van der Waals surface area contributed by atoms with Gasteiger partial charge in [-0.25, -0.2) is 4.39 Å². The molecule has 1 amide bonds. The number of halogens is 4.